The normalized spacial score (nSPS) is 27.0. The molecule has 0 aromatic carbocycles. The number of hydrogen-bond donors (Lipinski definition) is 0. The van der Waals surface area contributed by atoms with E-state index in [1.165, 1.54) is 4.44 Å². The fourth-order valence-electron chi connectivity index (χ4n) is 0.567. The van der Waals surface area contributed by atoms with Crippen LogP contribution < -0.4 is 0 Å². The first-order valence-electron chi connectivity index (χ1n) is 3.11. The molecule has 56 valence electrons. The molecular formula is C6H10O2SSn. The Kier molecular flexibility index (Phi) is 4.09. The van der Waals surface area contributed by atoms with Gasteiger partial charge in [-0.15, -0.1) is 0 Å². The Morgan fingerprint density at radius 3 is 2.60 bits per heavy atom. The summed E-state index contributed by atoms with van der Waals surface area (Å²) in [6, 6.07) is 0. The van der Waals surface area contributed by atoms with Gasteiger partial charge in [-0.2, -0.15) is 0 Å². The standard InChI is InChI=1S/C6H10O2.S.Sn/c1-4-8-6(7)5(2)3;;/h2,4H2,1,3H3;;/q;-2;+2. The van der Waals surface area contributed by atoms with Crippen LogP contribution in [-0.2, 0) is 23.0 Å². The second-order valence-electron chi connectivity index (χ2n) is 2.41. The maximum Gasteiger partial charge on any atom is -2.00 e. The molecular weight excluding hydrogens is 255 g/mol. The van der Waals surface area contributed by atoms with Crippen molar-refractivity contribution in [3.05, 3.63) is 0 Å². The first-order chi connectivity index (χ1) is 4.19. The van der Waals surface area contributed by atoms with Crippen molar-refractivity contribution >= 4 is 40.6 Å². The maximum absolute atomic E-state index is 10.9. The van der Waals surface area contributed by atoms with Gasteiger partial charge in [0.15, 0.2) is 0 Å². The molecule has 0 bridgehead atoms. The van der Waals surface area contributed by atoms with Gasteiger partial charge in [0.05, 0.1) is 0 Å². The van der Waals surface area contributed by atoms with Gasteiger partial charge in [-0.05, 0) is 0 Å². The van der Waals surface area contributed by atoms with Crippen molar-refractivity contribution in [2.45, 2.75) is 21.7 Å². The SMILES string of the molecule is CCOC(=O)[C]1(C)[CH2][Sn+2]1.[S-2]. The third-order valence-electron chi connectivity index (χ3n) is 1.43. The molecule has 10 heavy (non-hydrogen) atoms. The summed E-state index contributed by atoms with van der Waals surface area (Å²) < 4.78 is 6.12. The van der Waals surface area contributed by atoms with Crippen LogP contribution in [0.5, 0.6) is 0 Å². The molecule has 1 rings (SSSR count). The quantitative estimate of drug-likeness (QED) is 0.546. The van der Waals surface area contributed by atoms with E-state index in [0.717, 1.165) is 0 Å². The molecule has 4 heteroatoms. The summed E-state index contributed by atoms with van der Waals surface area (Å²) in [4.78, 5) is 10.9. The van der Waals surface area contributed by atoms with E-state index in [-0.39, 0.29) is 44.0 Å². The van der Waals surface area contributed by atoms with Gasteiger partial charge in [0.1, 0.15) is 0 Å². The minimum atomic E-state index is -0.296. The molecule has 0 aromatic heterocycles. The van der Waals surface area contributed by atoms with Gasteiger partial charge < -0.3 is 13.5 Å². The van der Waals surface area contributed by atoms with Crippen LogP contribution >= 0.6 is 0 Å². The van der Waals surface area contributed by atoms with E-state index in [0.29, 0.717) is 6.61 Å². The molecule has 1 saturated heterocycles. The van der Waals surface area contributed by atoms with Crippen LogP contribution in [0.15, 0.2) is 0 Å². The van der Waals surface area contributed by atoms with Crippen LogP contribution in [-0.4, -0.2) is 33.7 Å². The monoisotopic (exact) mass is 266 g/mol. The van der Waals surface area contributed by atoms with Gasteiger partial charge in [0.2, 0.25) is 0 Å². The third kappa shape index (κ3) is 2.34. The number of esters is 1. The first-order valence-corrected chi connectivity index (χ1v) is 6.56. The Labute approximate surface area is 78.4 Å². The molecule has 0 aromatic rings. The molecule has 1 fully saturated rings. The van der Waals surface area contributed by atoms with Gasteiger partial charge in [-0.3, -0.25) is 0 Å². The number of ether oxygens (including phenoxy) is 1. The predicted molar refractivity (Wildman–Crippen MR) is 42.9 cm³/mol. The molecule has 1 aliphatic heterocycles. The van der Waals surface area contributed by atoms with E-state index >= 15 is 0 Å². The summed E-state index contributed by atoms with van der Waals surface area (Å²) >= 11 is -0.296. The predicted octanol–water partition coefficient (Wildman–Crippen LogP) is 0.862. The van der Waals surface area contributed by atoms with Crippen LogP contribution in [0.3, 0.4) is 0 Å². The largest absolute Gasteiger partial charge is 2.00 e. The molecule has 2 nitrogen and oxygen atoms in total. The molecule has 0 saturated carbocycles. The summed E-state index contributed by atoms with van der Waals surface area (Å²) in [6.45, 7) is 4.42. The fraction of sp³-hybridized carbons (Fsp3) is 0.833. The summed E-state index contributed by atoms with van der Waals surface area (Å²) in [6.07, 6.45) is 0. The van der Waals surface area contributed by atoms with E-state index < -0.39 is 0 Å². The zero-order valence-electron chi connectivity index (χ0n) is 6.14. The molecule has 0 radical (unpaired) electrons. The average molecular weight is 265 g/mol. The van der Waals surface area contributed by atoms with E-state index in [4.69, 9.17) is 4.74 Å². The van der Waals surface area contributed by atoms with Crippen molar-refractivity contribution < 1.29 is 9.53 Å². The number of carbonyl (C=O) groups excluding carboxylic acids is 1. The van der Waals surface area contributed by atoms with Crippen LogP contribution in [0.1, 0.15) is 13.8 Å². The van der Waals surface area contributed by atoms with Gasteiger partial charge in [0.25, 0.3) is 0 Å². The van der Waals surface area contributed by atoms with E-state index in [9.17, 15) is 4.79 Å². The molecule has 0 spiro atoms. The fourth-order valence-corrected chi connectivity index (χ4v) is 2.35. The summed E-state index contributed by atoms with van der Waals surface area (Å²) in [5.74, 6) is 0.0524. The molecule has 0 N–H and O–H groups in total. The van der Waals surface area contributed by atoms with Crippen LogP contribution in [0.2, 0.25) is 7.87 Å². The summed E-state index contributed by atoms with van der Waals surface area (Å²) in [5, 5.41) is 0. The molecule has 1 atom stereocenters. The number of rotatable bonds is 2. The van der Waals surface area contributed by atoms with E-state index in [2.05, 4.69) is 0 Å². The van der Waals surface area contributed by atoms with Crippen LogP contribution in [0.25, 0.3) is 0 Å². The molecule has 0 amide bonds. The topological polar surface area (TPSA) is 26.3 Å². The Balaban J connectivity index is 0.000000810. The molecule has 1 aliphatic rings. The van der Waals surface area contributed by atoms with E-state index in [1.54, 1.807) is 0 Å². The van der Waals surface area contributed by atoms with Gasteiger partial charge in [0, 0.05) is 0 Å². The molecule has 1 heterocycles. The Morgan fingerprint density at radius 2 is 2.30 bits per heavy atom. The maximum atomic E-state index is 10.9. The average Bonchev–Trinajstić information content (AvgIpc) is 2.50. The van der Waals surface area contributed by atoms with Gasteiger partial charge >= 0.3 is 65.0 Å². The van der Waals surface area contributed by atoms with Crippen molar-refractivity contribution in [3.63, 3.8) is 0 Å². The summed E-state index contributed by atoms with van der Waals surface area (Å²) in [5.41, 5.74) is 0. The summed E-state index contributed by atoms with van der Waals surface area (Å²) in [7, 11) is 0. The smallest absolute Gasteiger partial charge is 2.00 e. The Hall–Kier alpha value is 0.619. The van der Waals surface area contributed by atoms with Gasteiger partial charge in [-0.1, -0.05) is 0 Å². The number of hydrogen-bond acceptors (Lipinski definition) is 2. The minimum absolute atomic E-state index is 0. The zero-order chi connectivity index (χ0) is 6.91. The first kappa shape index (κ1) is 10.6. The van der Waals surface area contributed by atoms with Crippen molar-refractivity contribution in [1.29, 1.82) is 0 Å². The second kappa shape index (κ2) is 3.85. The Bertz CT molecular complexity index is 134. The van der Waals surface area contributed by atoms with E-state index in [1.807, 2.05) is 13.8 Å². The minimum Gasteiger partial charge on any atom is -2.00 e. The zero-order valence-corrected chi connectivity index (χ0v) is 9.81. The van der Waals surface area contributed by atoms with Crippen molar-refractivity contribution in [2.24, 2.45) is 0 Å². The third-order valence-corrected chi connectivity index (χ3v) is 6.05. The Morgan fingerprint density at radius 1 is 1.80 bits per heavy atom. The number of carbonyl (C=O) groups is 1. The van der Waals surface area contributed by atoms with Crippen LogP contribution in [0.4, 0.5) is 0 Å². The van der Waals surface area contributed by atoms with Gasteiger partial charge in [-0.25, -0.2) is 0 Å². The molecule has 0 aliphatic carbocycles. The van der Waals surface area contributed by atoms with Crippen molar-refractivity contribution in [1.82, 2.24) is 0 Å². The van der Waals surface area contributed by atoms with Crippen LogP contribution in [0, 0.1) is 0 Å². The second-order valence-corrected chi connectivity index (χ2v) is 7.57. The van der Waals surface area contributed by atoms with Crippen molar-refractivity contribution in [3.8, 4) is 0 Å². The van der Waals surface area contributed by atoms with Crippen molar-refractivity contribution in [2.75, 3.05) is 6.61 Å². The molecule has 1 unspecified atom stereocenters.